The van der Waals surface area contributed by atoms with Crippen molar-refractivity contribution in [2.75, 3.05) is 13.1 Å². The Hall–Kier alpha value is -0.930. The number of rotatable bonds is 4. The van der Waals surface area contributed by atoms with Crippen molar-refractivity contribution in [3.63, 3.8) is 0 Å². The molecule has 0 aromatic heterocycles. The predicted molar refractivity (Wildman–Crippen MR) is 51.9 cm³/mol. The van der Waals surface area contributed by atoms with Gasteiger partial charge in [-0.1, -0.05) is 12.1 Å². The lowest BCUT2D eigenvalue weighted by Gasteiger charge is -2.04. The monoisotopic (exact) mass is 182 g/mol. The van der Waals surface area contributed by atoms with Gasteiger partial charge < -0.3 is 11.1 Å². The molecular weight excluding hydrogens is 167 g/mol. The van der Waals surface area contributed by atoms with Crippen molar-refractivity contribution < 1.29 is 4.39 Å². The van der Waals surface area contributed by atoms with Crippen LogP contribution in [0.3, 0.4) is 0 Å². The van der Waals surface area contributed by atoms with E-state index in [9.17, 15) is 4.39 Å². The molecule has 1 rings (SSSR count). The van der Waals surface area contributed by atoms with Gasteiger partial charge in [-0.15, -0.1) is 0 Å². The van der Waals surface area contributed by atoms with E-state index in [0.717, 1.165) is 5.56 Å². The summed E-state index contributed by atoms with van der Waals surface area (Å²) in [5.74, 6) is -0.149. The molecule has 0 heterocycles. The number of halogens is 1. The number of benzene rings is 1. The van der Waals surface area contributed by atoms with Gasteiger partial charge in [0.1, 0.15) is 5.82 Å². The Kier molecular flexibility index (Phi) is 3.86. The molecule has 13 heavy (non-hydrogen) atoms. The quantitative estimate of drug-likeness (QED) is 0.686. The Morgan fingerprint density at radius 1 is 1.46 bits per heavy atom. The molecule has 0 atom stereocenters. The van der Waals surface area contributed by atoms with Gasteiger partial charge in [0, 0.05) is 25.2 Å². The van der Waals surface area contributed by atoms with Crippen molar-refractivity contribution in [3.8, 4) is 0 Å². The lowest BCUT2D eigenvalue weighted by atomic mass is 10.1. The van der Waals surface area contributed by atoms with Crippen LogP contribution in [0.2, 0.25) is 0 Å². The van der Waals surface area contributed by atoms with Crippen molar-refractivity contribution in [2.24, 2.45) is 5.73 Å². The van der Waals surface area contributed by atoms with E-state index in [2.05, 4.69) is 5.32 Å². The second-order valence-electron chi connectivity index (χ2n) is 3.06. The van der Waals surface area contributed by atoms with E-state index in [4.69, 9.17) is 5.73 Å². The molecule has 0 saturated heterocycles. The van der Waals surface area contributed by atoms with Gasteiger partial charge in [0.25, 0.3) is 0 Å². The minimum atomic E-state index is -0.149. The summed E-state index contributed by atoms with van der Waals surface area (Å²) in [7, 11) is 0. The molecule has 0 radical (unpaired) electrons. The molecule has 0 aliphatic carbocycles. The zero-order chi connectivity index (χ0) is 9.68. The second kappa shape index (κ2) is 4.94. The van der Waals surface area contributed by atoms with Crippen molar-refractivity contribution >= 4 is 0 Å². The summed E-state index contributed by atoms with van der Waals surface area (Å²) in [5, 5.41) is 3.05. The first-order valence-electron chi connectivity index (χ1n) is 4.40. The van der Waals surface area contributed by atoms with Crippen LogP contribution in [0.15, 0.2) is 18.2 Å². The van der Waals surface area contributed by atoms with Crippen molar-refractivity contribution in [3.05, 3.63) is 35.1 Å². The van der Waals surface area contributed by atoms with Crippen LogP contribution in [0.1, 0.15) is 11.1 Å². The van der Waals surface area contributed by atoms with Crippen LogP contribution >= 0.6 is 0 Å². The normalized spacial score (nSPS) is 10.4. The molecule has 0 bridgehead atoms. The van der Waals surface area contributed by atoms with Crippen LogP contribution < -0.4 is 11.1 Å². The summed E-state index contributed by atoms with van der Waals surface area (Å²) in [6.45, 7) is 3.71. The van der Waals surface area contributed by atoms with Gasteiger partial charge in [-0.3, -0.25) is 0 Å². The standard InChI is InChI=1S/C10H15FN2/c1-8-2-3-9(10(11)6-8)7-13-5-4-12/h2-3,6,13H,4-5,7,12H2,1H3. The van der Waals surface area contributed by atoms with Gasteiger partial charge in [0.15, 0.2) is 0 Å². The Labute approximate surface area is 77.9 Å². The number of nitrogens with two attached hydrogens (primary N) is 1. The summed E-state index contributed by atoms with van der Waals surface area (Å²) in [5.41, 5.74) is 6.94. The van der Waals surface area contributed by atoms with Gasteiger partial charge in [-0.05, 0) is 18.6 Å². The predicted octanol–water partition coefficient (Wildman–Crippen LogP) is 1.18. The third kappa shape index (κ3) is 3.13. The van der Waals surface area contributed by atoms with E-state index in [1.165, 1.54) is 0 Å². The number of hydrogen-bond donors (Lipinski definition) is 2. The number of aryl methyl sites for hydroxylation is 1. The topological polar surface area (TPSA) is 38.0 Å². The van der Waals surface area contributed by atoms with Crippen LogP contribution in [0.25, 0.3) is 0 Å². The maximum atomic E-state index is 13.2. The number of hydrogen-bond acceptors (Lipinski definition) is 2. The molecule has 0 unspecified atom stereocenters. The summed E-state index contributed by atoms with van der Waals surface area (Å²) < 4.78 is 13.2. The summed E-state index contributed by atoms with van der Waals surface area (Å²) in [4.78, 5) is 0. The van der Waals surface area contributed by atoms with Crippen LogP contribution in [-0.4, -0.2) is 13.1 Å². The Balaban J connectivity index is 2.56. The molecule has 72 valence electrons. The first kappa shape index (κ1) is 10.2. The molecule has 3 heteroatoms. The van der Waals surface area contributed by atoms with E-state index in [-0.39, 0.29) is 5.82 Å². The smallest absolute Gasteiger partial charge is 0.127 e. The molecule has 0 amide bonds. The summed E-state index contributed by atoms with van der Waals surface area (Å²) in [6, 6.07) is 5.25. The number of nitrogens with one attached hydrogen (secondary N) is 1. The minimum Gasteiger partial charge on any atom is -0.329 e. The maximum Gasteiger partial charge on any atom is 0.127 e. The molecule has 0 spiro atoms. The fourth-order valence-electron chi connectivity index (χ4n) is 1.12. The van der Waals surface area contributed by atoms with E-state index in [1.807, 2.05) is 13.0 Å². The third-order valence-corrected chi connectivity index (χ3v) is 1.85. The highest BCUT2D eigenvalue weighted by molar-refractivity contribution is 5.23. The molecule has 0 aliphatic heterocycles. The summed E-state index contributed by atoms with van der Waals surface area (Å²) in [6.07, 6.45) is 0. The van der Waals surface area contributed by atoms with Crippen molar-refractivity contribution in [1.82, 2.24) is 5.32 Å². The Bertz CT molecular complexity index is 274. The zero-order valence-electron chi connectivity index (χ0n) is 7.81. The average molecular weight is 182 g/mol. The highest BCUT2D eigenvalue weighted by Crippen LogP contribution is 2.08. The fraction of sp³-hybridized carbons (Fsp3) is 0.400. The van der Waals surface area contributed by atoms with Gasteiger partial charge >= 0.3 is 0 Å². The Morgan fingerprint density at radius 2 is 2.23 bits per heavy atom. The van der Waals surface area contributed by atoms with Crippen LogP contribution in [0.4, 0.5) is 4.39 Å². The Morgan fingerprint density at radius 3 is 2.85 bits per heavy atom. The van der Waals surface area contributed by atoms with E-state index in [0.29, 0.717) is 25.2 Å². The van der Waals surface area contributed by atoms with Crippen LogP contribution in [-0.2, 0) is 6.54 Å². The van der Waals surface area contributed by atoms with E-state index < -0.39 is 0 Å². The minimum absolute atomic E-state index is 0.149. The first-order valence-corrected chi connectivity index (χ1v) is 4.40. The van der Waals surface area contributed by atoms with Crippen molar-refractivity contribution in [1.29, 1.82) is 0 Å². The first-order chi connectivity index (χ1) is 6.24. The lowest BCUT2D eigenvalue weighted by molar-refractivity contribution is 0.589. The van der Waals surface area contributed by atoms with Crippen molar-refractivity contribution in [2.45, 2.75) is 13.5 Å². The molecule has 3 N–H and O–H groups in total. The third-order valence-electron chi connectivity index (χ3n) is 1.85. The molecule has 0 fully saturated rings. The van der Waals surface area contributed by atoms with Gasteiger partial charge in [0.2, 0.25) is 0 Å². The zero-order valence-corrected chi connectivity index (χ0v) is 7.81. The highest BCUT2D eigenvalue weighted by atomic mass is 19.1. The fourth-order valence-corrected chi connectivity index (χ4v) is 1.12. The van der Waals surface area contributed by atoms with Gasteiger partial charge in [-0.25, -0.2) is 4.39 Å². The molecule has 2 nitrogen and oxygen atoms in total. The average Bonchev–Trinajstić information content (AvgIpc) is 2.09. The van der Waals surface area contributed by atoms with Gasteiger partial charge in [-0.2, -0.15) is 0 Å². The SMILES string of the molecule is Cc1ccc(CNCCN)c(F)c1. The van der Waals surface area contributed by atoms with Gasteiger partial charge in [0.05, 0.1) is 0 Å². The largest absolute Gasteiger partial charge is 0.329 e. The molecular formula is C10H15FN2. The molecule has 1 aromatic carbocycles. The second-order valence-corrected chi connectivity index (χ2v) is 3.06. The van der Waals surface area contributed by atoms with E-state index in [1.54, 1.807) is 12.1 Å². The summed E-state index contributed by atoms with van der Waals surface area (Å²) >= 11 is 0. The molecule has 0 saturated carbocycles. The molecule has 0 aliphatic rings. The van der Waals surface area contributed by atoms with Crippen LogP contribution in [0, 0.1) is 12.7 Å². The lowest BCUT2D eigenvalue weighted by Crippen LogP contribution is -2.22. The van der Waals surface area contributed by atoms with E-state index >= 15 is 0 Å². The maximum absolute atomic E-state index is 13.2. The molecule has 1 aromatic rings. The highest BCUT2D eigenvalue weighted by Gasteiger charge is 2.00. The van der Waals surface area contributed by atoms with Crippen LogP contribution in [0.5, 0.6) is 0 Å².